The molecule has 0 aliphatic carbocycles. The van der Waals surface area contributed by atoms with E-state index in [2.05, 4.69) is 52.2 Å². The van der Waals surface area contributed by atoms with Crippen LogP contribution < -0.4 is 10.6 Å². The molecule has 0 amide bonds. The predicted octanol–water partition coefficient (Wildman–Crippen LogP) is 2.66. The Labute approximate surface area is 215 Å². The van der Waals surface area contributed by atoms with Crippen LogP contribution in [0.3, 0.4) is 0 Å². The van der Waals surface area contributed by atoms with Crippen LogP contribution >= 0.6 is 0 Å². The summed E-state index contributed by atoms with van der Waals surface area (Å²) in [5.41, 5.74) is 0.263. The number of rotatable bonds is 26. The third-order valence-corrected chi connectivity index (χ3v) is 4.45. The lowest BCUT2D eigenvalue weighted by Gasteiger charge is -2.20. The molecule has 0 unspecified atom stereocenters. The number of nitrogens with one attached hydrogen (secondary N) is 2. The summed E-state index contributed by atoms with van der Waals surface area (Å²) >= 11 is 0. The second-order valence-electron chi connectivity index (χ2n) is 10.3. The topological polar surface area (TPSA) is 88.7 Å². The van der Waals surface area contributed by atoms with Crippen LogP contribution in [0, 0.1) is 0 Å². The van der Waals surface area contributed by atoms with Gasteiger partial charge in [-0.15, -0.1) is 0 Å². The van der Waals surface area contributed by atoms with Crippen LogP contribution in [0.2, 0.25) is 0 Å². The van der Waals surface area contributed by atoms with E-state index in [1.807, 2.05) is 0 Å². The molecule has 0 heterocycles. The summed E-state index contributed by atoms with van der Waals surface area (Å²) in [6.45, 7) is 23.5. The zero-order chi connectivity index (χ0) is 26.1. The van der Waals surface area contributed by atoms with E-state index in [1.165, 1.54) is 0 Å². The third-order valence-electron chi connectivity index (χ3n) is 4.45. The SMILES string of the molecule is CC(C)(C)NCCOCCOCCOCCCOCCCOCCOCCOCCNC(C)(C)C. The molecule has 0 spiro atoms. The second kappa shape index (κ2) is 24.0. The van der Waals surface area contributed by atoms with Crippen molar-refractivity contribution in [3.05, 3.63) is 0 Å². The summed E-state index contributed by atoms with van der Waals surface area (Å²) < 4.78 is 38.7. The van der Waals surface area contributed by atoms with E-state index >= 15 is 0 Å². The zero-order valence-electron chi connectivity index (χ0n) is 23.6. The molecule has 9 heteroatoms. The summed E-state index contributed by atoms with van der Waals surface area (Å²) in [6.07, 6.45) is 1.76. The molecule has 0 atom stereocenters. The van der Waals surface area contributed by atoms with Gasteiger partial charge in [-0.1, -0.05) is 0 Å². The largest absolute Gasteiger partial charge is 0.381 e. The van der Waals surface area contributed by atoms with E-state index in [1.54, 1.807) is 0 Å². The standard InChI is InChI=1S/C26H56N2O7/c1-25(2,3)27-9-15-32-19-23-34-21-17-30-13-7-11-29-12-8-14-31-18-22-35-24-20-33-16-10-28-26(4,5)6/h27-28H,7-24H2,1-6H3. The number of ether oxygens (including phenoxy) is 7. The smallest absolute Gasteiger partial charge is 0.0701 e. The summed E-state index contributed by atoms with van der Waals surface area (Å²) in [5, 5.41) is 6.76. The average Bonchev–Trinajstić information content (AvgIpc) is 2.77. The molecule has 0 saturated heterocycles. The molecule has 0 rings (SSSR count). The molecule has 9 nitrogen and oxygen atoms in total. The van der Waals surface area contributed by atoms with E-state index in [4.69, 9.17) is 33.2 Å². The summed E-state index contributed by atoms with van der Waals surface area (Å²) in [6, 6.07) is 0. The second-order valence-corrected chi connectivity index (χ2v) is 10.3. The van der Waals surface area contributed by atoms with Gasteiger partial charge in [-0.3, -0.25) is 0 Å². The van der Waals surface area contributed by atoms with Gasteiger partial charge >= 0.3 is 0 Å². The minimum absolute atomic E-state index is 0.132. The minimum Gasteiger partial charge on any atom is -0.381 e. The predicted molar refractivity (Wildman–Crippen MR) is 140 cm³/mol. The monoisotopic (exact) mass is 508 g/mol. The molecule has 0 aliphatic heterocycles. The van der Waals surface area contributed by atoms with Gasteiger partial charge in [0.1, 0.15) is 0 Å². The average molecular weight is 509 g/mol. The molecule has 0 bridgehead atoms. The van der Waals surface area contributed by atoms with Gasteiger partial charge in [-0.05, 0) is 54.4 Å². The van der Waals surface area contributed by atoms with Crippen LogP contribution in [-0.4, -0.2) is 117 Å². The molecular weight excluding hydrogens is 452 g/mol. The highest BCUT2D eigenvalue weighted by Gasteiger charge is 2.07. The normalized spacial score (nSPS) is 12.5. The first-order chi connectivity index (χ1) is 16.7. The van der Waals surface area contributed by atoms with Crippen molar-refractivity contribution in [3.63, 3.8) is 0 Å². The molecular formula is C26H56N2O7. The van der Waals surface area contributed by atoms with Crippen LogP contribution in [0.25, 0.3) is 0 Å². The van der Waals surface area contributed by atoms with Gasteiger partial charge in [0.15, 0.2) is 0 Å². The van der Waals surface area contributed by atoms with E-state index < -0.39 is 0 Å². The molecule has 0 aromatic carbocycles. The fourth-order valence-corrected chi connectivity index (χ4v) is 2.71. The number of hydrogen-bond acceptors (Lipinski definition) is 9. The van der Waals surface area contributed by atoms with Gasteiger partial charge in [0.2, 0.25) is 0 Å². The van der Waals surface area contributed by atoms with E-state index in [9.17, 15) is 0 Å². The molecule has 0 saturated carbocycles. The Morgan fingerprint density at radius 3 is 0.857 bits per heavy atom. The van der Waals surface area contributed by atoms with Crippen LogP contribution in [0.4, 0.5) is 0 Å². The third kappa shape index (κ3) is 33.6. The van der Waals surface area contributed by atoms with Gasteiger partial charge in [-0.25, -0.2) is 0 Å². The highest BCUT2D eigenvalue weighted by molar-refractivity contribution is 4.69. The Kier molecular flexibility index (Phi) is 23.8. The van der Waals surface area contributed by atoms with Crippen LogP contribution in [0.5, 0.6) is 0 Å². The maximum absolute atomic E-state index is 5.59. The van der Waals surface area contributed by atoms with E-state index in [-0.39, 0.29) is 11.1 Å². The zero-order valence-corrected chi connectivity index (χ0v) is 23.6. The first-order valence-electron chi connectivity index (χ1n) is 13.2. The lowest BCUT2D eigenvalue weighted by atomic mass is 10.1. The lowest BCUT2D eigenvalue weighted by Crippen LogP contribution is -2.38. The Bertz CT molecular complexity index is 391. The van der Waals surface area contributed by atoms with Crippen molar-refractivity contribution in [2.75, 3.05) is 106 Å². The molecule has 2 N–H and O–H groups in total. The Morgan fingerprint density at radius 2 is 0.571 bits per heavy atom. The summed E-state index contributed by atoms with van der Waals surface area (Å²) in [7, 11) is 0. The molecule has 0 aromatic rings. The van der Waals surface area contributed by atoms with Gasteiger partial charge < -0.3 is 43.8 Å². The molecule has 0 aromatic heterocycles. The molecule has 0 aliphatic rings. The lowest BCUT2D eigenvalue weighted by molar-refractivity contribution is 0.00463. The first kappa shape index (κ1) is 34.6. The Balaban J connectivity index is 3.07. The van der Waals surface area contributed by atoms with Crippen molar-refractivity contribution >= 4 is 0 Å². The van der Waals surface area contributed by atoms with Gasteiger partial charge in [0, 0.05) is 50.6 Å². The fraction of sp³-hybridized carbons (Fsp3) is 1.00. The van der Waals surface area contributed by atoms with Crippen molar-refractivity contribution < 1.29 is 33.2 Å². The Morgan fingerprint density at radius 1 is 0.343 bits per heavy atom. The fourth-order valence-electron chi connectivity index (χ4n) is 2.71. The maximum Gasteiger partial charge on any atom is 0.0701 e. The first-order valence-corrected chi connectivity index (χ1v) is 13.2. The van der Waals surface area contributed by atoms with Crippen molar-refractivity contribution in [1.29, 1.82) is 0 Å². The number of hydrogen-bond donors (Lipinski definition) is 2. The van der Waals surface area contributed by atoms with Crippen molar-refractivity contribution in [3.8, 4) is 0 Å². The van der Waals surface area contributed by atoms with Gasteiger partial charge in [-0.2, -0.15) is 0 Å². The van der Waals surface area contributed by atoms with Crippen molar-refractivity contribution in [1.82, 2.24) is 10.6 Å². The minimum atomic E-state index is 0.132. The van der Waals surface area contributed by atoms with Crippen LogP contribution in [-0.2, 0) is 33.2 Å². The quantitative estimate of drug-likeness (QED) is 0.171. The highest BCUT2D eigenvalue weighted by atomic mass is 16.5. The molecule has 0 radical (unpaired) electrons. The van der Waals surface area contributed by atoms with Crippen LogP contribution in [0.15, 0.2) is 0 Å². The highest BCUT2D eigenvalue weighted by Crippen LogP contribution is 1.97. The Hall–Kier alpha value is -0.360. The maximum atomic E-state index is 5.59. The van der Waals surface area contributed by atoms with E-state index in [0.717, 1.165) is 25.9 Å². The van der Waals surface area contributed by atoms with Crippen molar-refractivity contribution in [2.24, 2.45) is 0 Å². The summed E-state index contributed by atoms with van der Waals surface area (Å²) in [4.78, 5) is 0. The molecule has 212 valence electrons. The molecule has 35 heavy (non-hydrogen) atoms. The van der Waals surface area contributed by atoms with Gasteiger partial charge in [0.25, 0.3) is 0 Å². The van der Waals surface area contributed by atoms with E-state index in [0.29, 0.717) is 92.5 Å². The summed E-state index contributed by atoms with van der Waals surface area (Å²) in [5.74, 6) is 0. The van der Waals surface area contributed by atoms with Gasteiger partial charge in [0.05, 0.1) is 66.1 Å². The van der Waals surface area contributed by atoms with Crippen LogP contribution in [0.1, 0.15) is 54.4 Å². The molecule has 0 fully saturated rings. The van der Waals surface area contributed by atoms with Crippen molar-refractivity contribution in [2.45, 2.75) is 65.5 Å².